The highest BCUT2D eigenvalue weighted by molar-refractivity contribution is 6.00. The Morgan fingerprint density at radius 1 is 1.40 bits per heavy atom. The molecule has 1 saturated heterocycles. The molecule has 0 aromatic heterocycles. The molecule has 3 N–H and O–H groups in total. The zero-order chi connectivity index (χ0) is 13.8. The molecule has 1 aliphatic rings. The van der Waals surface area contributed by atoms with E-state index < -0.39 is 0 Å². The third-order valence-electron chi connectivity index (χ3n) is 3.29. The average Bonchev–Trinajstić information content (AvgIpc) is 2.79. The second-order valence-electron chi connectivity index (χ2n) is 4.82. The third-order valence-corrected chi connectivity index (χ3v) is 3.29. The Hall–Kier alpha value is -1.59. The van der Waals surface area contributed by atoms with Gasteiger partial charge < -0.3 is 16.0 Å². The van der Waals surface area contributed by atoms with Gasteiger partial charge in [-0.15, -0.1) is 12.4 Å². The number of amides is 2. The molecule has 5 nitrogen and oxygen atoms in total. The van der Waals surface area contributed by atoms with Gasteiger partial charge in [0, 0.05) is 31.7 Å². The molecule has 1 aromatic rings. The summed E-state index contributed by atoms with van der Waals surface area (Å²) in [5, 5.41) is 2.73. The van der Waals surface area contributed by atoms with E-state index in [2.05, 4.69) is 5.32 Å². The number of hydrogen-bond donors (Lipinski definition) is 2. The van der Waals surface area contributed by atoms with Gasteiger partial charge in [-0.3, -0.25) is 9.59 Å². The van der Waals surface area contributed by atoms with Crippen molar-refractivity contribution >= 4 is 29.9 Å². The largest absolute Gasteiger partial charge is 0.355 e. The normalized spacial score (nSPS) is 17.8. The summed E-state index contributed by atoms with van der Waals surface area (Å²) < 4.78 is 0. The molecule has 0 saturated carbocycles. The maximum absolute atomic E-state index is 12.0. The summed E-state index contributed by atoms with van der Waals surface area (Å²) in [6, 6.07) is 7.75. The molecule has 1 fully saturated rings. The van der Waals surface area contributed by atoms with Crippen LogP contribution in [0.4, 0.5) is 5.69 Å². The minimum atomic E-state index is -0.277. The third kappa shape index (κ3) is 3.71. The molecule has 0 spiro atoms. The fourth-order valence-electron chi connectivity index (χ4n) is 2.20. The number of halogens is 1. The van der Waals surface area contributed by atoms with Gasteiger partial charge in [0.2, 0.25) is 11.8 Å². The van der Waals surface area contributed by atoms with E-state index in [0.29, 0.717) is 19.6 Å². The number of carbonyl (C=O) groups excluding carboxylic acids is 2. The quantitative estimate of drug-likeness (QED) is 0.865. The minimum absolute atomic E-state index is 0. The predicted molar refractivity (Wildman–Crippen MR) is 81.0 cm³/mol. The van der Waals surface area contributed by atoms with Crippen LogP contribution in [0.3, 0.4) is 0 Å². The first-order chi connectivity index (χ1) is 9.11. The molecule has 0 aliphatic carbocycles. The van der Waals surface area contributed by atoms with Crippen molar-refractivity contribution < 1.29 is 9.59 Å². The smallest absolute Gasteiger partial charge is 0.227 e. The number of nitrogens with two attached hydrogens (primary N) is 1. The highest BCUT2D eigenvalue weighted by atomic mass is 35.5. The predicted octanol–water partition coefficient (Wildman–Crippen LogP) is 0.845. The van der Waals surface area contributed by atoms with Crippen molar-refractivity contribution in [1.82, 2.24) is 5.32 Å². The molecule has 1 aromatic carbocycles. The molecule has 0 bridgehead atoms. The minimum Gasteiger partial charge on any atom is -0.355 e. The van der Waals surface area contributed by atoms with Gasteiger partial charge in [0.1, 0.15) is 0 Å². The summed E-state index contributed by atoms with van der Waals surface area (Å²) in [5.74, 6) is -0.370. The summed E-state index contributed by atoms with van der Waals surface area (Å²) in [6.45, 7) is 3.30. The first-order valence-corrected chi connectivity index (χ1v) is 6.46. The second kappa shape index (κ2) is 7.26. The monoisotopic (exact) mass is 297 g/mol. The number of carbonyl (C=O) groups is 2. The van der Waals surface area contributed by atoms with Crippen LogP contribution in [0.25, 0.3) is 0 Å². The summed E-state index contributed by atoms with van der Waals surface area (Å²) >= 11 is 0. The lowest BCUT2D eigenvalue weighted by Gasteiger charge is -2.16. The molecule has 0 radical (unpaired) electrons. The molecular formula is C14H20ClN3O2. The maximum atomic E-state index is 12.0. The number of rotatable bonds is 4. The number of nitrogens with one attached hydrogen (secondary N) is 1. The molecule has 20 heavy (non-hydrogen) atoms. The number of anilines is 1. The van der Waals surface area contributed by atoms with E-state index in [4.69, 9.17) is 5.73 Å². The SMILES string of the molecule is Cc1ccc(N2CC(C(=O)NCCN)CC2=O)cc1.Cl. The van der Waals surface area contributed by atoms with Crippen LogP contribution < -0.4 is 16.0 Å². The number of hydrogen-bond acceptors (Lipinski definition) is 3. The first-order valence-electron chi connectivity index (χ1n) is 6.46. The lowest BCUT2D eigenvalue weighted by atomic mass is 10.1. The van der Waals surface area contributed by atoms with E-state index >= 15 is 0 Å². The summed E-state index contributed by atoms with van der Waals surface area (Å²) in [5.41, 5.74) is 7.34. The van der Waals surface area contributed by atoms with Gasteiger partial charge in [-0.2, -0.15) is 0 Å². The van der Waals surface area contributed by atoms with Gasteiger partial charge in [-0.25, -0.2) is 0 Å². The molecule has 110 valence electrons. The van der Waals surface area contributed by atoms with E-state index in [-0.39, 0.29) is 36.6 Å². The van der Waals surface area contributed by atoms with Crippen LogP contribution in [-0.4, -0.2) is 31.4 Å². The van der Waals surface area contributed by atoms with Crippen LogP contribution in [0.2, 0.25) is 0 Å². The lowest BCUT2D eigenvalue weighted by Crippen LogP contribution is -2.35. The summed E-state index contributed by atoms with van der Waals surface area (Å²) in [6.07, 6.45) is 0.268. The summed E-state index contributed by atoms with van der Waals surface area (Å²) in [4.78, 5) is 25.5. The molecule has 2 rings (SSSR count). The van der Waals surface area contributed by atoms with Crippen molar-refractivity contribution in [2.24, 2.45) is 11.7 Å². The standard InChI is InChI=1S/C14H19N3O2.ClH/c1-10-2-4-12(5-3-10)17-9-11(8-13(17)18)14(19)16-7-6-15;/h2-5,11H,6-9,15H2,1H3,(H,16,19);1H. The fourth-order valence-corrected chi connectivity index (χ4v) is 2.20. The highest BCUT2D eigenvalue weighted by Gasteiger charge is 2.34. The molecule has 1 atom stereocenters. The summed E-state index contributed by atoms with van der Waals surface area (Å²) in [7, 11) is 0. The van der Waals surface area contributed by atoms with Crippen molar-refractivity contribution in [2.45, 2.75) is 13.3 Å². The van der Waals surface area contributed by atoms with Crippen molar-refractivity contribution in [3.8, 4) is 0 Å². The van der Waals surface area contributed by atoms with Gasteiger partial charge in [0.05, 0.1) is 5.92 Å². The maximum Gasteiger partial charge on any atom is 0.227 e. The van der Waals surface area contributed by atoms with Crippen molar-refractivity contribution in [3.05, 3.63) is 29.8 Å². The van der Waals surface area contributed by atoms with Gasteiger partial charge in [0.25, 0.3) is 0 Å². The molecule has 1 heterocycles. The Labute approximate surface area is 124 Å². The van der Waals surface area contributed by atoms with Crippen LogP contribution in [0.15, 0.2) is 24.3 Å². The van der Waals surface area contributed by atoms with Crippen molar-refractivity contribution in [3.63, 3.8) is 0 Å². The van der Waals surface area contributed by atoms with Crippen LogP contribution >= 0.6 is 12.4 Å². The highest BCUT2D eigenvalue weighted by Crippen LogP contribution is 2.25. The van der Waals surface area contributed by atoms with E-state index in [1.807, 2.05) is 31.2 Å². The second-order valence-corrected chi connectivity index (χ2v) is 4.82. The van der Waals surface area contributed by atoms with Crippen LogP contribution in [0.1, 0.15) is 12.0 Å². The van der Waals surface area contributed by atoms with Gasteiger partial charge in [0.15, 0.2) is 0 Å². The Morgan fingerprint density at radius 3 is 2.65 bits per heavy atom. The Kier molecular flexibility index (Phi) is 5.98. The molecular weight excluding hydrogens is 278 g/mol. The molecule has 1 aliphatic heterocycles. The first kappa shape index (κ1) is 16.5. The van der Waals surface area contributed by atoms with E-state index in [1.165, 1.54) is 0 Å². The Morgan fingerprint density at radius 2 is 2.05 bits per heavy atom. The average molecular weight is 298 g/mol. The Bertz CT molecular complexity index is 476. The fraction of sp³-hybridized carbons (Fsp3) is 0.429. The van der Waals surface area contributed by atoms with E-state index in [0.717, 1.165) is 11.3 Å². The molecule has 2 amide bonds. The van der Waals surface area contributed by atoms with Crippen LogP contribution in [0.5, 0.6) is 0 Å². The van der Waals surface area contributed by atoms with Crippen LogP contribution in [-0.2, 0) is 9.59 Å². The molecule has 6 heteroatoms. The van der Waals surface area contributed by atoms with Crippen LogP contribution in [0, 0.1) is 12.8 Å². The topological polar surface area (TPSA) is 75.4 Å². The lowest BCUT2D eigenvalue weighted by molar-refractivity contribution is -0.126. The van der Waals surface area contributed by atoms with Gasteiger partial charge >= 0.3 is 0 Å². The zero-order valence-electron chi connectivity index (χ0n) is 11.5. The van der Waals surface area contributed by atoms with Crippen molar-refractivity contribution in [1.29, 1.82) is 0 Å². The van der Waals surface area contributed by atoms with E-state index in [9.17, 15) is 9.59 Å². The number of nitrogens with zero attached hydrogens (tertiary/aromatic N) is 1. The van der Waals surface area contributed by atoms with Gasteiger partial charge in [-0.05, 0) is 19.1 Å². The molecule has 1 unspecified atom stereocenters. The Balaban J connectivity index is 0.00000200. The number of benzene rings is 1. The zero-order valence-corrected chi connectivity index (χ0v) is 12.3. The van der Waals surface area contributed by atoms with E-state index in [1.54, 1.807) is 4.90 Å². The number of aryl methyl sites for hydroxylation is 1. The van der Waals surface area contributed by atoms with Crippen molar-refractivity contribution in [2.75, 3.05) is 24.5 Å². The van der Waals surface area contributed by atoms with Gasteiger partial charge in [-0.1, -0.05) is 17.7 Å².